The van der Waals surface area contributed by atoms with Crippen LogP contribution >= 0.6 is 0 Å². The second-order valence-electron chi connectivity index (χ2n) is 12.9. The fraction of sp³-hybridized carbons (Fsp3) is 0.452. The molecule has 12 heteroatoms. The van der Waals surface area contributed by atoms with Crippen LogP contribution in [0, 0.1) is 0 Å². The van der Waals surface area contributed by atoms with E-state index in [-0.39, 0.29) is 46.9 Å². The second-order valence-corrected chi connectivity index (χ2v) is 12.9. The van der Waals surface area contributed by atoms with E-state index in [9.17, 15) is 14.0 Å². The first-order valence-corrected chi connectivity index (χ1v) is 14.4. The molecular weight excluding hydrogens is 551 g/mol. The molecule has 0 unspecified atom stereocenters. The third-order valence-corrected chi connectivity index (χ3v) is 7.51. The van der Waals surface area contributed by atoms with Crippen molar-refractivity contribution in [3.05, 3.63) is 48.2 Å². The minimum absolute atomic E-state index is 0.00390. The van der Waals surface area contributed by atoms with Crippen LogP contribution in [0.3, 0.4) is 0 Å². The molecule has 0 aliphatic carbocycles. The molecule has 0 bridgehead atoms. The summed E-state index contributed by atoms with van der Waals surface area (Å²) in [5.74, 6) is 0.0593. The summed E-state index contributed by atoms with van der Waals surface area (Å²) >= 11 is 0. The van der Waals surface area contributed by atoms with E-state index >= 15 is 0 Å². The first-order chi connectivity index (χ1) is 20.2. The molecule has 5 N–H and O–H groups in total. The maximum atomic E-state index is 13.3. The maximum absolute atomic E-state index is 13.3. The van der Waals surface area contributed by atoms with E-state index in [0.29, 0.717) is 28.5 Å². The summed E-state index contributed by atoms with van der Waals surface area (Å²) in [5, 5.41) is 10.4. The number of rotatable bonds is 8. The van der Waals surface area contributed by atoms with Crippen LogP contribution in [0.5, 0.6) is 5.75 Å². The number of aromatic nitrogens is 3. The molecule has 2 aromatic heterocycles. The van der Waals surface area contributed by atoms with Crippen LogP contribution < -0.4 is 31.3 Å². The molecule has 5 rings (SSSR count). The highest BCUT2D eigenvalue weighted by Crippen LogP contribution is 2.39. The zero-order valence-corrected chi connectivity index (χ0v) is 25.4. The van der Waals surface area contributed by atoms with Gasteiger partial charge in [-0.2, -0.15) is 4.98 Å². The van der Waals surface area contributed by atoms with Gasteiger partial charge in [0.05, 0.1) is 24.1 Å². The molecule has 1 aromatic carbocycles. The summed E-state index contributed by atoms with van der Waals surface area (Å²) in [6.45, 7) is 11.0. The van der Waals surface area contributed by atoms with Crippen molar-refractivity contribution in [2.45, 2.75) is 77.1 Å². The smallest absolute Gasteiger partial charge is 0.271 e. The highest BCUT2D eigenvalue weighted by molar-refractivity contribution is 6.04. The number of carbonyl (C=O) groups is 2. The van der Waals surface area contributed by atoms with Crippen molar-refractivity contribution in [3.63, 3.8) is 0 Å². The minimum Gasteiger partial charge on any atom is -0.474 e. The fourth-order valence-corrected chi connectivity index (χ4v) is 6.22. The Morgan fingerprint density at radius 2 is 1.79 bits per heavy atom. The molecule has 11 nitrogen and oxygen atoms in total. The molecule has 43 heavy (non-hydrogen) atoms. The van der Waals surface area contributed by atoms with Gasteiger partial charge in [0.15, 0.2) is 17.2 Å². The summed E-state index contributed by atoms with van der Waals surface area (Å²) in [6, 6.07) is 11.0. The lowest BCUT2D eigenvalue weighted by molar-refractivity contribution is -0.132. The number of anilines is 4. The molecular formula is C31H39FN8O3. The number of ether oxygens (including phenoxy) is 1. The molecule has 2 aliphatic heterocycles. The van der Waals surface area contributed by atoms with E-state index in [1.54, 1.807) is 19.9 Å². The number of nitrogens with one attached hydrogen (secondary N) is 3. The zero-order valence-electron chi connectivity index (χ0n) is 25.4. The normalized spacial score (nSPS) is 18.9. The van der Waals surface area contributed by atoms with Crippen LogP contribution in [0.1, 0.15) is 64.7 Å². The minimum atomic E-state index is -1.20. The molecule has 2 amide bonds. The van der Waals surface area contributed by atoms with Gasteiger partial charge in [-0.1, -0.05) is 30.3 Å². The number of hydrogen-bond donors (Lipinski definition) is 4. The number of piperidine rings is 1. The summed E-state index contributed by atoms with van der Waals surface area (Å²) < 4.78 is 19.2. The van der Waals surface area contributed by atoms with Crippen molar-refractivity contribution in [2.24, 2.45) is 5.73 Å². The number of benzene rings is 1. The lowest BCUT2D eigenvalue weighted by atomic mass is 9.79. The predicted molar refractivity (Wildman–Crippen MR) is 164 cm³/mol. The topological polar surface area (TPSA) is 147 Å². The molecule has 0 atom stereocenters. The first kappa shape index (κ1) is 30.1. The average molecular weight is 591 g/mol. The Kier molecular flexibility index (Phi) is 7.76. The van der Waals surface area contributed by atoms with Crippen LogP contribution in [0.4, 0.5) is 27.7 Å². The van der Waals surface area contributed by atoms with Crippen molar-refractivity contribution < 1.29 is 18.7 Å². The monoisotopic (exact) mass is 590 g/mol. The van der Waals surface area contributed by atoms with E-state index in [0.717, 1.165) is 12.8 Å². The number of nitrogens with zero attached hydrogens (tertiary/aromatic N) is 4. The van der Waals surface area contributed by atoms with Crippen LogP contribution in [0.2, 0.25) is 0 Å². The zero-order chi connectivity index (χ0) is 31.2. The van der Waals surface area contributed by atoms with E-state index in [1.165, 1.54) is 11.1 Å². The van der Waals surface area contributed by atoms with E-state index in [4.69, 9.17) is 20.4 Å². The molecule has 2 aliphatic rings. The van der Waals surface area contributed by atoms with Crippen molar-refractivity contribution in [1.82, 2.24) is 20.3 Å². The largest absolute Gasteiger partial charge is 0.474 e. The number of hydrogen-bond acceptors (Lipinski definition) is 9. The number of nitrogens with two attached hydrogens (primary N) is 1. The molecule has 1 saturated heterocycles. The lowest BCUT2D eigenvalue weighted by Gasteiger charge is -2.46. The number of halogens is 1. The Balaban J connectivity index is 1.56. The van der Waals surface area contributed by atoms with Gasteiger partial charge in [0, 0.05) is 28.7 Å². The molecule has 1 fully saturated rings. The Morgan fingerprint density at radius 3 is 2.42 bits per heavy atom. The van der Waals surface area contributed by atoms with Gasteiger partial charge in [0.1, 0.15) is 18.1 Å². The molecule has 0 saturated carbocycles. The second kappa shape index (κ2) is 11.1. The van der Waals surface area contributed by atoms with Crippen molar-refractivity contribution in [2.75, 3.05) is 28.8 Å². The molecule has 4 heterocycles. The number of primary amides is 1. The SMILES string of the molecule is CC1(C)CC(Nc2nc(Nc3cnc4c(c3)OC(C)(C)C(=O)N4CCF)nc(-c3ccccc3)c2C(N)=O)CC(C)(C)N1. The van der Waals surface area contributed by atoms with Crippen LogP contribution in [-0.4, -0.2) is 62.7 Å². The van der Waals surface area contributed by atoms with Gasteiger partial charge < -0.3 is 26.4 Å². The highest BCUT2D eigenvalue weighted by Gasteiger charge is 2.42. The van der Waals surface area contributed by atoms with Crippen molar-refractivity contribution >= 4 is 35.1 Å². The Labute approximate surface area is 250 Å². The fourth-order valence-electron chi connectivity index (χ4n) is 6.22. The van der Waals surface area contributed by atoms with Gasteiger partial charge in [0.2, 0.25) is 5.95 Å². The van der Waals surface area contributed by atoms with Crippen molar-refractivity contribution in [3.8, 4) is 17.0 Å². The van der Waals surface area contributed by atoms with E-state index in [1.807, 2.05) is 30.3 Å². The highest BCUT2D eigenvalue weighted by atomic mass is 19.1. The van der Waals surface area contributed by atoms with Gasteiger partial charge in [-0.15, -0.1) is 0 Å². The van der Waals surface area contributed by atoms with Crippen molar-refractivity contribution in [1.29, 1.82) is 0 Å². The van der Waals surface area contributed by atoms with E-state index in [2.05, 4.69) is 48.6 Å². The summed E-state index contributed by atoms with van der Waals surface area (Å²) in [4.78, 5) is 40.9. The number of pyridine rings is 1. The third kappa shape index (κ3) is 6.38. The average Bonchev–Trinajstić information content (AvgIpc) is 2.89. The van der Waals surface area contributed by atoms with Gasteiger partial charge >= 0.3 is 0 Å². The Bertz CT molecular complexity index is 1530. The first-order valence-electron chi connectivity index (χ1n) is 14.4. The molecule has 228 valence electrons. The number of fused-ring (bicyclic) bond motifs is 1. The lowest BCUT2D eigenvalue weighted by Crippen LogP contribution is -2.60. The Hall–Kier alpha value is -4.32. The number of carbonyl (C=O) groups excluding carboxylic acids is 2. The maximum Gasteiger partial charge on any atom is 0.271 e. The summed E-state index contributed by atoms with van der Waals surface area (Å²) in [7, 11) is 0. The third-order valence-electron chi connectivity index (χ3n) is 7.51. The standard InChI is InChI=1S/C31H39FN8O3/c1-29(2)15-20(16-30(3,4)39-29)35-25-22(24(33)41)23(18-10-8-7-9-11-18)37-28(38-25)36-19-14-21-26(34-17-19)40(13-12-32)27(42)31(5,6)43-21/h7-11,14,17,20,39H,12-13,15-16H2,1-6H3,(H2,33,41)(H2,35,36,37,38). The van der Waals surface area contributed by atoms with E-state index < -0.39 is 18.2 Å². The van der Waals surface area contributed by atoms with Gasteiger partial charge in [-0.3, -0.25) is 14.5 Å². The quantitative estimate of drug-likeness (QED) is 0.296. The van der Waals surface area contributed by atoms with Gasteiger partial charge in [0.25, 0.3) is 11.8 Å². The Morgan fingerprint density at radius 1 is 1.12 bits per heavy atom. The van der Waals surface area contributed by atoms with Crippen LogP contribution in [0.25, 0.3) is 11.3 Å². The van der Waals surface area contributed by atoms with Crippen LogP contribution in [0.15, 0.2) is 42.6 Å². The molecule has 3 aromatic rings. The predicted octanol–water partition coefficient (Wildman–Crippen LogP) is 4.58. The molecule has 0 spiro atoms. The molecule has 0 radical (unpaired) electrons. The van der Waals surface area contributed by atoms with Crippen LogP contribution in [-0.2, 0) is 4.79 Å². The summed E-state index contributed by atoms with van der Waals surface area (Å²) in [6.07, 6.45) is 3.08. The number of alkyl halides is 1. The van der Waals surface area contributed by atoms with Gasteiger partial charge in [-0.25, -0.2) is 14.4 Å². The summed E-state index contributed by atoms with van der Waals surface area (Å²) in [5.41, 5.74) is 6.19. The van der Waals surface area contributed by atoms with Gasteiger partial charge in [-0.05, 0) is 54.4 Å². The number of amides is 2.